The number of piperidine rings is 1. The number of anilines is 1. The normalized spacial score (nSPS) is 18.2. The first-order valence-corrected chi connectivity index (χ1v) is 15.7. The zero-order chi connectivity index (χ0) is 30.5. The zero-order valence-electron chi connectivity index (χ0n) is 25.7. The monoisotopic (exact) mass is 594 g/mol. The molecule has 2 aliphatic heterocycles. The molecule has 2 aromatic heterocycles. The van der Waals surface area contributed by atoms with Crippen LogP contribution in [0, 0.1) is 5.82 Å². The Kier molecular flexibility index (Phi) is 9.79. The van der Waals surface area contributed by atoms with Gasteiger partial charge in [-0.15, -0.1) is 0 Å². The number of ether oxygens (including phenoxy) is 2. The first-order chi connectivity index (χ1) is 21.0. The predicted molar refractivity (Wildman–Crippen MR) is 164 cm³/mol. The molecule has 2 saturated heterocycles. The molecule has 3 fully saturated rings. The summed E-state index contributed by atoms with van der Waals surface area (Å²) in [5.74, 6) is -0.491. The van der Waals surface area contributed by atoms with Gasteiger partial charge in [0.25, 0.3) is 0 Å². The van der Waals surface area contributed by atoms with E-state index < -0.39 is 5.97 Å². The number of hydrogen-bond donors (Lipinski definition) is 0. The minimum absolute atomic E-state index is 0.228. The van der Waals surface area contributed by atoms with E-state index in [0.29, 0.717) is 43.0 Å². The van der Waals surface area contributed by atoms with Gasteiger partial charge in [0, 0.05) is 51.2 Å². The smallest absolute Gasteiger partial charge is 0.409 e. The number of fused-ring (bicyclic) bond motifs is 1. The number of carbonyl (C=O) groups excluding carboxylic acids is 2. The van der Waals surface area contributed by atoms with Crippen molar-refractivity contribution in [2.45, 2.75) is 64.8 Å². The standard InChI is InChI=1S/C30H37FN6O4.C2H6/c1-3-41-30(39)36-17-15-34(16-18-36)22-11-13-35(14-12-22)25-19-24(29(38)40-2)32-28-26(25)27(20-5-4-6-20)33-37(28)23-9-7-21(31)8-10-23;1-2/h7-10,19-20,22H,3-6,11-18H2,1-2H3;1-2H3. The van der Waals surface area contributed by atoms with Gasteiger partial charge in [-0.2, -0.15) is 5.10 Å². The number of hydrogen-bond acceptors (Lipinski definition) is 8. The maximum absolute atomic E-state index is 13.7. The lowest BCUT2D eigenvalue weighted by Gasteiger charge is -2.43. The maximum Gasteiger partial charge on any atom is 0.409 e. The van der Waals surface area contributed by atoms with E-state index in [0.717, 1.165) is 75.1 Å². The lowest BCUT2D eigenvalue weighted by molar-refractivity contribution is 0.0594. The van der Waals surface area contributed by atoms with E-state index >= 15 is 0 Å². The zero-order valence-corrected chi connectivity index (χ0v) is 25.7. The molecule has 4 heterocycles. The molecule has 1 aliphatic carbocycles. The quantitative estimate of drug-likeness (QED) is 0.351. The van der Waals surface area contributed by atoms with Crippen molar-refractivity contribution in [3.05, 3.63) is 47.5 Å². The van der Waals surface area contributed by atoms with Crippen molar-refractivity contribution in [1.82, 2.24) is 24.6 Å². The summed E-state index contributed by atoms with van der Waals surface area (Å²) in [4.78, 5) is 36.2. The molecule has 1 saturated carbocycles. The summed E-state index contributed by atoms with van der Waals surface area (Å²) >= 11 is 0. The van der Waals surface area contributed by atoms with Crippen molar-refractivity contribution < 1.29 is 23.5 Å². The minimum atomic E-state index is -0.500. The second kappa shape index (κ2) is 13.7. The molecular weight excluding hydrogens is 551 g/mol. The summed E-state index contributed by atoms with van der Waals surface area (Å²) < 4.78 is 25.7. The average molecular weight is 595 g/mol. The molecule has 0 bridgehead atoms. The van der Waals surface area contributed by atoms with Crippen molar-refractivity contribution in [3.8, 4) is 5.69 Å². The summed E-state index contributed by atoms with van der Waals surface area (Å²) in [5, 5.41) is 5.98. The third kappa shape index (κ3) is 6.32. The maximum atomic E-state index is 13.7. The van der Waals surface area contributed by atoms with E-state index in [2.05, 4.69) is 9.80 Å². The van der Waals surface area contributed by atoms with Gasteiger partial charge < -0.3 is 19.3 Å². The van der Waals surface area contributed by atoms with Crippen LogP contribution in [0.5, 0.6) is 0 Å². The summed E-state index contributed by atoms with van der Waals surface area (Å²) in [6.45, 7) is 10.9. The fourth-order valence-electron chi connectivity index (χ4n) is 6.27. The number of benzene rings is 1. The molecule has 0 spiro atoms. The van der Waals surface area contributed by atoms with Gasteiger partial charge in [-0.3, -0.25) is 4.90 Å². The van der Waals surface area contributed by atoms with Crippen LogP contribution in [-0.4, -0.2) is 95.7 Å². The fraction of sp³-hybridized carbons (Fsp3) is 0.562. The van der Waals surface area contributed by atoms with Gasteiger partial charge in [0.05, 0.1) is 36.2 Å². The van der Waals surface area contributed by atoms with E-state index in [-0.39, 0.29) is 17.6 Å². The van der Waals surface area contributed by atoms with Crippen LogP contribution in [0.3, 0.4) is 0 Å². The van der Waals surface area contributed by atoms with E-state index in [1.165, 1.54) is 19.2 Å². The molecule has 43 heavy (non-hydrogen) atoms. The molecule has 0 atom stereocenters. The van der Waals surface area contributed by atoms with Crippen LogP contribution in [0.15, 0.2) is 30.3 Å². The second-order valence-corrected chi connectivity index (χ2v) is 11.1. The van der Waals surface area contributed by atoms with Gasteiger partial charge in [-0.1, -0.05) is 20.3 Å². The molecule has 0 N–H and O–H groups in total. The number of nitrogens with zero attached hydrogens (tertiary/aromatic N) is 6. The van der Waals surface area contributed by atoms with Gasteiger partial charge in [-0.05, 0) is 62.9 Å². The molecular formula is C32H43FN6O4. The third-order valence-electron chi connectivity index (χ3n) is 8.76. The van der Waals surface area contributed by atoms with Crippen LogP contribution >= 0.6 is 0 Å². The Morgan fingerprint density at radius 3 is 2.23 bits per heavy atom. The predicted octanol–water partition coefficient (Wildman–Crippen LogP) is 5.38. The van der Waals surface area contributed by atoms with Crippen LogP contribution < -0.4 is 4.90 Å². The molecule has 0 radical (unpaired) electrons. The van der Waals surface area contributed by atoms with Crippen LogP contribution in [-0.2, 0) is 9.47 Å². The second-order valence-electron chi connectivity index (χ2n) is 11.1. The molecule has 3 aliphatic rings. The molecule has 10 nitrogen and oxygen atoms in total. The first kappa shape index (κ1) is 30.7. The number of esters is 1. The van der Waals surface area contributed by atoms with Crippen molar-refractivity contribution in [3.63, 3.8) is 0 Å². The first-order valence-electron chi connectivity index (χ1n) is 15.7. The lowest BCUT2D eigenvalue weighted by Crippen LogP contribution is -2.54. The van der Waals surface area contributed by atoms with Gasteiger partial charge in [0.2, 0.25) is 0 Å². The minimum Gasteiger partial charge on any atom is -0.464 e. The van der Waals surface area contributed by atoms with Crippen molar-refractivity contribution in [2.75, 3.05) is 57.9 Å². The number of halogens is 1. The molecule has 0 unspecified atom stereocenters. The Hall–Kier alpha value is -3.73. The number of carbonyl (C=O) groups is 2. The Bertz CT molecular complexity index is 1410. The molecule has 232 valence electrons. The molecule has 1 amide bonds. The van der Waals surface area contributed by atoms with E-state index in [4.69, 9.17) is 19.6 Å². The fourth-order valence-corrected chi connectivity index (χ4v) is 6.27. The Morgan fingerprint density at radius 2 is 1.65 bits per heavy atom. The van der Waals surface area contributed by atoms with Crippen molar-refractivity contribution >= 4 is 28.8 Å². The number of rotatable bonds is 6. The van der Waals surface area contributed by atoms with Crippen LogP contribution in [0.25, 0.3) is 16.7 Å². The SMILES string of the molecule is CC.CCOC(=O)N1CCN(C2CCN(c3cc(C(=O)OC)nc4c3c(C3CCC3)nn4-c3ccc(F)cc3)CC2)CC1. The number of piperazine rings is 1. The highest BCUT2D eigenvalue weighted by Gasteiger charge is 2.33. The largest absolute Gasteiger partial charge is 0.464 e. The molecule has 1 aromatic carbocycles. The highest BCUT2D eigenvalue weighted by molar-refractivity contribution is 5.99. The molecule has 6 rings (SSSR count). The number of aromatic nitrogens is 3. The number of pyridine rings is 1. The van der Waals surface area contributed by atoms with Gasteiger partial charge in [-0.25, -0.2) is 23.6 Å². The van der Waals surface area contributed by atoms with Crippen LogP contribution in [0.4, 0.5) is 14.9 Å². The highest BCUT2D eigenvalue weighted by atomic mass is 19.1. The summed E-state index contributed by atoms with van der Waals surface area (Å²) in [6.07, 6.45) is 5.01. The Labute approximate surface area is 252 Å². The number of methoxy groups -OCH3 is 1. The van der Waals surface area contributed by atoms with Gasteiger partial charge in [0.15, 0.2) is 11.3 Å². The van der Waals surface area contributed by atoms with E-state index in [1.807, 2.05) is 26.8 Å². The van der Waals surface area contributed by atoms with E-state index in [9.17, 15) is 14.0 Å². The van der Waals surface area contributed by atoms with Crippen molar-refractivity contribution in [1.29, 1.82) is 0 Å². The van der Waals surface area contributed by atoms with Crippen molar-refractivity contribution in [2.24, 2.45) is 0 Å². The summed E-state index contributed by atoms with van der Waals surface area (Å²) in [7, 11) is 1.36. The van der Waals surface area contributed by atoms with Crippen LogP contribution in [0.1, 0.15) is 75.0 Å². The van der Waals surface area contributed by atoms with Gasteiger partial charge >= 0.3 is 12.1 Å². The molecule has 3 aromatic rings. The Morgan fingerprint density at radius 1 is 0.977 bits per heavy atom. The Balaban J connectivity index is 0.00000180. The molecule has 11 heteroatoms. The highest BCUT2D eigenvalue weighted by Crippen LogP contribution is 2.43. The average Bonchev–Trinajstić information content (AvgIpc) is 3.40. The number of amides is 1. The van der Waals surface area contributed by atoms with Crippen LogP contribution in [0.2, 0.25) is 0 Å². The lowest BCUT2D eigenvalue weighted by atomic mass is 9.82. The summed E-state index contributed by atoms with van der Waals surface area (Å²) in [5.41, 5.74) is 3.47. The third-order valence-corrected chi connectivity index (χ3v) is 8.76. The van der Waals surface area contributed by atoms with E-state index in [1.54, 1.807) is 21.7 Å². The topological polar surface area (TPSA) is 93.0 Å². The summed E-state index contributed by atoms with van der Waals surface area (Å²) in [6, 6.07) is 8.48. The van der Waals surface area contributed by atoms with Gasteiger partial charge in [0.1, 0.15) is 5.82 Å².